The number of aliphatic hydroxyl groups excluding tert-OH is 6. The molecule has 1 fully saturated rings. The van der Waals surface area contributed by atoms with Gasteiger partial charge in [0.25, 0.3) is 0 Å². The summed E-state index contributed by atoms with van der Waals surface area (Å²) in [7, 11) is 0. The lowest BCUT2D eigenvalue weighted by molar-refractivity contribution is -0.277. The maximum absolute atomic E-state index is 12.7. The lowest BCUT2D eigenvalue weighted by Gasteiger charge is -2.39. The third kappa shape index (κ3) is 7.24. The lowest BCUT2D eigenvalue weighted by Crippen LogP contribution is -2.60. The first-order valence-electron chi connectivity index (χ1n) is 11.2. The van der Waals surface area contributed by atoms with Crippen molar-refractivity contribution in [3.05, 3.63) is 27.8 Å². The van der Waals surface area contributed by atoms with Crippen LogP contribution < -0.4 is 10.4 Å². The van der Waals surface area contributed by atoms with Crippen LogP contribution >= 0.6 is 0 Å². The molecule has 0 aromatic carbocycles. The van der Waals surface area contributed by atoms with Gasteiger partial charge in [-0.3, -0.25) is 0 Å². The molecule has 1 saturated heterocycles. The van der Waals surface area contributed by atoms with Crippen molar-refractivity contribution in [1.82, 2.24) is 0 Å². The predicted molar refractivity (Wildman–Crippen MR) is 113 cm³/mol. The number of aliphatic hydroxyl groups is 6. The fraction of sp³-hybridized carbons (Fsp3) is 0.773. The average molecular weight is 461 g/mol. The molecule has 0 amide bonds. The zero-order chi connectivity index (χ0) is 23.8. The molecule has 184 valence electrons. The Morgan fingerprint density at radius 2 is 1.81 bits per heavy atom. The molecule has 10 nitrogen and oxygen atoms in total. The van der Waals surface area contributed by atoms with E-state index in [0.29, 0.717) is 12.8 Å². The zero-order valence-corrected chi connectivity index (χ0v) is 18.6. The maximum atomic E-state index is 12.7. The van der Waals surface area contributed by atoms with Gasteiger partial charge < -0.3 is 44.5 Å². The highest BCUT2D eigenvalue weighted by molar-refractivity contribution is 5.32. The topological polar surface area (TPSA) is 170 Å². The van der Waals surface area contributed by atoms with Crippen molar-refractivity contribution in [2.45, 2.75) is 102 Å². The smallest absolute Gasteiger partial charge is 0.342 e. The Morgan fingerprint density at radius 3 is 2.44 bits per heavy atom. The Kier molecular flexibility index (Phi) is 10.6. The summed E-state index contributed by atoms with van der Waals surface area (Å²) in [6.07, 6.45) is -5.06. The van der Waals surface area contributed by atoms with Gasteiger partial charge in [-0.05, 0) is 26.2 Å². The van der Waals surface area contributed by atoms with Gasteiger partial charge in [0.2, 0.25) is 6.29 Å². The summed E-state index contributed by atoms with van der Waals surface area (Å²) in [5, 5.41) is 59.2. The fourth-order valence-corrected chi connectivity index (χ4v) is 3.70. The van der Waals surface area contributed by atoms with E-state index in [9.17, 15) is 35.4 Å². The summed E-state index contributed by atoms with van der Waals surface area (Å²) in [5.74, 6) is 0.196. The van der Waals surface area contributed by atoms with Gasteiger partial charge in [0, 0.05) is 12.5 Å². The summed E-state index contributed by atoms with van der Waals surface area (Å²) in [4.78, 5) is 12.7. The van der Waals surface area contributed by atoms with E-state index in [-0.39, 0.29) is 29.9 Å². The molecule has 2 heterocycles. The first kappa shape index (κ1) is 26.7. The van der Waals surface area contributed by atoms with Crippen molar-refractivity contribution in [3.63, 3.8) is 0 Å². The third-order valence-corrected chi connectivity index (χ3v) is 5.48. The van der Waals surface area contributed by atoms with Crippen LogP contribution in [0.25, 0.3) is 0 Å². The van der Waals surface area contributed by atoms with Gasteiger partial charge >= 0.3 is 5.63 Å². The van der Waals surface area contributed by atoms with E-state index < -0.39 is 55.1 Å². The van der Waals surface area contributed by atoms with Crippen LogP contribution in [0.15, 0.2) is 15.3 Å². The molecule has 1 aromatic heterocycles. The van der Waals surface area contributed by atoms with Crippen LogP contribution in [0.4, 0.5) is 0 Å². The minimum Gasteiger partial charge on any atom is -0.461 e. The summed E-state index contributed by atoms with van der Waals surface area (Å²) < 4.78 is 16.5. The molecule has 1 aliphatic rings. The van der Waals surface area contributed by atoms with Crippen molar-refractivity contribution in [2.24, 2.45) is 0 Å². The molecule has 10 heteroatoms. The Labute approximate surface area is 187 Å². The minimum absolute atomic E-state index is 0.0404. The molecule has 0 saturated carbocycles. The Balaban J connectivity index is 2.29. The van der Waals surface area contributed by atoms with E-state index in [1.807, 2.05) is 0 Å². The molecule has 1 aliphatic heterocycles. The van der Waals surface area contributed by atoms with Gasteiger partial charge in [0.1, 0.15) is 35.9 Å². The van der Waals surface area contributed by atoms with Crippen molar-refractivity contribution in [2.75, 3.05) is 6.61 Å². The van der Waals surface area contributed by atoms with Crippen LogP contribution in [-0.4, -0.2) is 80.2 Å². The first-order valence-corrected chi connectivity index (χ1v) is 11.2. The summed E-state index contributed by atoms with van der Waals surface area (Å²) in [6.45, 7) is 2.99. The predicted octanol–water partition coefficient (Wildman–Crippen LogP) is -0.384. The summed E-state index contributed by atoms with van der Waals surface area (Å²) in [6, 6.07) is 1.42. The van der Waals surface area contributed by atoms with E-state index in [1.165, 1.54) is 13.0 Å². The highest BCUT2D eigenvalue weighted by atomic mass is 16.7. The molecule has 0 aliphatic carbocycles. The van der Waals surface area contributed by atoms with Gasteiger partial charge in [0.15, 0.2) is 0 Å². The Hall–Kier alpha value is -1.53. The molecule has 32 heavy (non-hydrogen) atoms. The number of hydrogen-bond donors (Lipinski definition) is 6. The first-order chi connectivity index (χ1) is 15.2. The average Bonchev–Trinajstić information content (AvgIpc) is 2.72. The third-order valence-electron chi connectivity index (χ3n) is 5.48. The van der Waals surface area contributed by atoms with Crippen LogP contribution in [0.2, 0.25) is 0 Å². The minimum atomic E-state index is -1.63. The van der Waals surface area contributed by atoms with Crippen molar-refractivity contribution in [1.29, 1.82) is 0 Å². The maximum Gasteiger partial charge on any atom is 0.342 e. The molecule has 6 N–H and O–H groups in total. The number of rotatable bonds is 12. The Morgan fingerprint density at radius 1 is 1.09 bits per heavy atom. The second-order valence-corrected chi connectivity index (χ2v) is 8.41. The van der Waals surface area contributed by atoms with Gasteiger partial charge in [-0.15, -0.1) is 0 Å². The molecule has 7 atom stereocenters. The van der Waals surface area contributed by atoms with E-state index in [2.05, 4.69) is 6.92 Å². The molecule has 0 radical (unpaired) electrons. The summed E-state index contributed by atoms with van der Waals surface area (Å²) in [5.41, 5.74) is -0.422. The standard InChI is InChI=1S/C22H36O10/c1-3-4-5-6-7-15-16(10-14(30-21(15)29)9-13(25)8-12(2)24)31-22-20(28)19(27)18(26)17(11-23)32-22/h10,12-13,17-20,22-28H,3-9,11H2,1-2H3/t12?,13?,17-,18-,19+,20-,22-/m1/s1. The number of ether oxygens (including phenoxy) is 2. The highest BCUT2D eigenvalue weighted by Gasteiger charge is 2.45. The second kappa shape index (κ2) is 12.6. The molecule has 2 rings (SSSR count). The van der Waals surface area contributed by atoms with Crippen LogP contribution in [0.3, 0.4) is 0 Å². The molecular weight excluding hydrogens is 424 g/mol. The SMILES string of the molecule is CCCCCCc1c(O[C@@H]2O[C@H](CO)[C@@H](O)[C@H](O)[C@H]2O)cc(CC(O)CC(C)O)oc1=O. The van der Waals surface area contributed by atoms with E-state index >= 15 is 0 Å². The fourth-order valence-electron chi connectivity index (χ4n) is 3.70. The normalized spacial score (nSPS) is 27.8. The van der Waals surface area contributed by atoms with Crippen LogP contribution in [0.1, 0.15) is 57.3 Å². The van der Waals surface area contributed by atoms with E-state index in [1.54, 1.807) is 0 Å². The van der Waals surface area contributed by atoms with Crippen LogP contribution in [-0.2, 0) is 17.6 Å². The second-order valence-electron chi connectivity index (χ2n) is 8.41. The molecular formula is C22H36O10. The Bertz CT molecular complexity index is 747. The van der Waals surface area contributed by atoms with Crippen molar-refractivity contribution in [3.8, 4) is 5.75 Å². The lowest BCUT2D eigenvalue weighted by atomic mass is 9.99. The number of hydrogen-bond acceptors (Lipinski definition) is 10. The molecule has 2 unspecified atom stereocenters. The highest BCUT2D eigenvalue weighted by Crippen LogP contribution is 2.27. The van der Waals surface area contributed by atoms with Crippen LogP contribution in [0.5, 0.6) is 5.75 Å². The van der Waals surface area contributed by atoms with Crippen LogP contribution in [0, 0.1) is 0 Å². The van der Waals surface area contributed by atoms with Gasteiger partial charge in [0.05, 0.1) is 24.4 Å². The summed E-state index contributed by atoms with van der Waals surface area (Å²) >= 11 is 0. The van der Waals surface area contributed by atoms with Crippen molar-refractivity contribution >= 4 is 0 Å². The van der Waals surface area contributed by atoms with Gasteiger partial charge in [-0.25, -0.2) is 4.79 Å². The molecule has 0 bridgehead atoms. The molecule has 0 spiro atoms. The van der Waals surface area contributed by atoms with E-state index in [0.717, 1.165) is 19.3 Å². The monoisotopic (exact) mass is 460 g/mol. The van der Waals surface area contributed by atoms with Gasteiger partial charge in [-0.1, -0.05) is 26.2 Å². The largest absolute Gasteiger partial charge is 0.461 e. The molecule has 1 aromatic rings. The van der Waals surface area contributed by atoms with Gasteiger partial charge in [-0.2, -0.15) is 0 Å². The number of unbranched alkanes of at least 4 members (excludes halogenated alkanes) is 3. The quantitative estimate of drug-likeness (QED) is 0.226. The zero-order valence-electron chi connectivity index (χ0n) is 18.6. The van der Waals surface area contributed by atoms with Crippen molar-refractivity contribution < 1.29 is 44.5 Å². The van der Waals surface area contributed by atoms with E-state index in [4.69, 9.17) is 13.9 Å².